The van der Waals surface area contributed by atoms with Gasteiger partial charge < -0.3 is 0 Å². The molecule has 0 aromatic heterocycles. The number of benzene rings is 1. The molecule has 0 aliphatic rings. The maximum absolute atomic E-state index is 12.3. The molecule has 1 aromatic carbocycles. The van der Waals surface area contributed by atoms with Gasteiger partial charge in [0.15, 0.2) is 0 Å². The number of hydrogen-bond acceptors (Lipinski definition) is 2. The summed E-state index contributed by atoms with van der Waals surface area (Å²) < 4.78 is 27.2. The molecule has 0 fully saturated rings. The lowest BCUT2D eigenvalue weighted by Gasteiger charge is -2.19. The summed E-state index contributed by atoms with van der Waals surface area (Å²) in [6, 6.07) is 7.04. The van der Waals surface area contributed by atoms with E-state index >= 15 is 0 Å². The van der Waals surface area contributed by atoms with Crippen LogP contribution in [0.4, 0.5) is 0 Å². The van der Waals surface area contributed by atoms with Gasteiger partial charge >= 0.3 is 0 Å². The minimum atomic E-state index is -3.44. The van der Waals surface area contributed by atoms with E-state index in [0.717, 1.165) is 5.56 Å². The van der Waals surface area contributed by atoms with Crippen molar-refractivity contribution in [2.45, 2.75) is 49.4 Å². The van der Waals surface area contributed by atoms with Crippen molar-refractivity contribution in [1.82, 2.24) is 4.72 Å². The number of nitrogens with one attached hydrogen (secondary N) is 1. The van der Waals surface area contributed by atoms with Gasteiger partial charge in [0, 0.05) is 10.9 Å². The van der Waals surface area contributed by atoms with Gasteiger partial charge in [0.25, 0.3) is 0 Å². The van der Waals surface area contributed by atoms with Gasteiger partial charge in [-0.3, -0.25) is 0 Å². The SMILES string of the molecule is CC(C)NS(=O)(=O)c1ccccc1C(C)C(C)Br. The van der Waals surface area contributed by atoms with Gasteiger partial charge in [0.05, 0.1) is 4.90 Å². The minimum Gasteiger partial charge on any atom is -0.209 e. The molecule has 1 aromatic rings. The zero-order chi connectivity index (χ0) is 13.9. The Balaban J connectivity index is 3.25. The van der Waals surface area contributed by atoms with Crippen molar-refractivity contribution in [2.75, 3.05) is 0 Å². The predicted molar refractivity (Wildman–Crippen MR) is 78.7 cm³/mol. The van der Waals surface area contributed by atoms with E-state index in [-0.39, 0.29) is 16.8 Å². The fourth-order valence-corrected chi connectivity index (χ4v) is 3.58. The maximum atomic E-state index is 12.3. The molecule has 1 rings (SSSR count). The van der Waals surface area contributed by atoms with E-state index in [9.17, 15) is 8.42 Å². The molecule has 0 spiro atoms. The molecule has 0 saturated carbocycles. The van der Waals surface area contributed by atoms with Crippen LogP contribution in [0.15, 0.2) is 29.2 Å². The van der Waals surface area contributed by atoms with Crippen LogP contribution in [0.1, 0.15) is 39.2 Å². The highest BCUT2D eigenvalue weighted by molar-refractivity contribution is 9.09. The standard InChI is InChI=1S/C13H20BrNO2S/c1-9(2)15-18(16,17)13-8-6-5-7-12(13)10(3)11(4)14/h5-11,15H,1-4H3. The quantitative estimate of drug-likeness (QED) is 0.840. The number of hydrogen-bond donors (Lipinski definition) is 1. The Hall–Kier alpha value is -0.390. The Morgan fingerprint density at radius 3 is 2.17 bits per heavy atom. The lowest BCUT2D eigenvalue weighted by molar-refractivity contribution is 0.567. The van der Waals surface area contributed by atoms with E-state index in [1.165, 1.54) is 0 Å². The lowest BCUT2D eigenvalue weighted by atomic mass is 9.99. The Kier molecular flexibility index (Phi) is 5.37. The second-order valence-corrected chi connectivity index (χ2v) is 7.91. The maximum Gasteiger partial charge on any atom is 0.241 e. The summed E-state index contributed by atoms with van der Waals surface area (Å²) >= 11 is 3.51. The topological polar surface area (TPSA) is 46.2 Å². The van der Waals surface area contributed by atoms with Crippen molar-refractivity contribution >= 4 is 26.0 Å². The third-order valence-electron chi connectivity index (χ3n) is 2.78. The summed E-state index contributed by atoms with van der Waals surface area (Å²) in [4.78, 5) is 0.588. The third kappa shape index (κ3) is 3.80. The second kappa shape index (κ2) is 6.17. The first-order valence-corrected chi connectivity index (χ1v) is 8.41. The van der Waals surface area contributed by atoms with Crippen LogP contribution in [0.25, 0.3) is 0 Å². The van der Waals surface area contributed by atoms with Gasteiger partial charge in [-0.1, -0.05) is 48.0 Å². The van der Waals surface area contributed by atoms with Crippen LogP contribution in [0.2, 0.25) is 0 Å². The molecule has 18 heavy (non-hydrogen) atoms. The molecule has 1 N–H and O–H groups in total. The van der Waals surface area contributed by atoms with Crippen molar-refractivity contribution in [3.8, 4) is 0 Å². The molecule has 5 heteroatoms. The highest BCUT2D eigenvalue weighted by Crippen LogP contribution is 2.29. The summed E-state index contributed by atoms with van der Waals surface area (Å²) in [5, 5.41) is 0. The molecule has 0 amide bonds. The van der Waals surface area contributed by atoms with Crippen LogP contribution in [0.3, 0.4) is 0 Å². The van der Waals surface area contributed by atoms with Crippen molar-refractivity contribution in [1.29, 1.82) is 0 Å². The fourth-order valence-electron chi connectivity index (χ4n) is 1.72. The molecule has 2 unspecified atom stereocenters. The molecular weight excluding hydrogens is 314 g/mol. The van der Waals surface area contributed by atoms with E-state index in [1.54, 1.807) is 12.1 Å². The van der Waals surface area contributed by atoms with Crippen LogP contribution in [-0.4, -0.2) is 19.3 Å². The molecule has 0 saturated heterocycles. The van der Waals surface area contributed by atoms with E-state index in [4.69, 9.17) is 0 Å². The summed E-state index contributed by atoms with van der Waals surface area (Å²) in [5.74, 6) is 0.130. The first-order valence-electron chi connectivity index (χ1n) is 6.01. The Morgan fingerprint density at radius 2 is 1.67 bits per heavy atom. The van der Waals surface area contributed by atoms with Gasteiger partial charge in [-0.05, 0) is 31.4 Å². The molecular formula is C13H20BrNO2S. The Morgan fingerprint density at radius 1 is 1.11 bits per heavy atom. The monoisotopic (exact) mass is 333 g/mol. The van der Waals surface area contributed by atoms with E-state index < -0.39 is 10.0 Å². The number of halogens is 1. The summed E-state index contributed by atoms with van der Waals surface area (Å²) in [7, 11) is -3.44. The first kappa shape index (κ1) is 15.7. The summed E-state index contributed by atoms with van der Waals surface area (Å²) in [6.45, 7) is 7.67. The van der Waals surface area contributed by atoms with Crippen molar-refractivity contribution in [3.63, 3.8) is 0 Å². The van der Waals surface area contributed by atoms with Gasteiger partial charge in [-0.15, -0.1) is 0 Å². The molecule has 0 bridgehead atoms. The Bertz CT molecular complexity index is 497. The highest BCUT2D eigenvalue weighted by Gasteiger charge is 2.23. The normalized spacial score (nSPS) is 15.7. The summed E-state index contributed by atoms with van der Waals surface area (Å²) in [6.07, 6.45) is 0. The molecule has 3 nitrogen and oxygen atoms in total. The molecule has 0 aliphatic carbocycles. The van der Waals surface area contributed by atoms with Gasteiger partial charge in [-0.25, -0.2) is 13.1 Å². The average Bonchev–Trinajstić information content (AvgIpc) is 2.26. The van der Waals surface area contributed by atoms with E-state index in [0.29, 0.717) is 4.90 Å². The zero-order valence-electron chi connectivity index (χ0n) is 11.1. The minimum absolute atomic E-state index is 0.111. The largest absolute Gasteiger partial charge is 0.241 e. The lowest BCUT2D eigenvalue weighted by Crippen LogP contribution is -2.31. The smallest absolute Gasteiger partial charge is 0.209 e. The van der Waals surface area contributed by atoms with Crippen LogP contribution in [0, 0.1) is 0 Å². The van der Waals surface area contributed by atoms with Crippen LogP contribution in [0.5, 0.6) is 0 Å². The predicted octanol–water partition coefficient (Wildman–Crippen LogP) is 3.26. The second-order valence-electron chi connectivity index (χ2n) is 4.78. The fraction of sp³-hybridized carbons (Fsp3) is 0.538. The van der Waals surface area contributed by atoms with Crippen molar-refractivity contribution in [2.24, 2.45) is 0 Å². The van der Waals surface area contributed by atoms with Gasteiger partial charge in [-0.2, -0.15) is 0 Å². The van der Waals surface area contributed by atoms with Gasteiger partial charge in [0.2, 0.25) is 10.0 Å². The highest BCUT2D eigenvalue weighted by atomic mass is 79.9. The first-order chi connectivity index (χ1) is 8.25. The van der Waals surface area contributed by atoms with E-state index in [1.807, 2.05) is 39.8 Å². The Labute approximate surface area is 118 Å². The number of alkyl halides is 1. The third-order valence-corrected chi connectivity index (χ3v) is 5.30. The summed E-state index contributed by atoms with van der Waals surface area (Å²) in [5.41, 5.74) is 0.843. The van der Waals surface area contributed by atoms with Crippen LogP contribution < -0.4 is 4.72 Å². The van der Waals surface area contributed by atoms with Crippen molar-refractivity contribution < 1.29 is 8.42 Å². The molecule has 0 radical (unpaired) electrons. The van der Waals surface area contributed by atoms with Crippen molar-refractivity contribution in [3.05, 3.63) is 29.8 Å². The number of sulfonamides is 1. The zero-order valence-corrected chi connectivity index (χ0v) is 13.5. The van der Waals surface area contributed by atoms with Crippen LogP contribution >= 0.6 is 15.9 Å². The van der Waals surface area contributed by atoms with Crippen LogP contribution in [-0.2, 0) is 10.0 Å². The number of rotatable bonds is 5. The van der Waals surface area contributed by atoms with Gasteiger partial charge in [0.1, 0.15) is 0 Å². The molecule has 102 valence electrons. The molecule has 2 atom stereocenters. The average molecular weight is 334 g/mol. The van der Waals surface area contributed by atoms with E-state index in [2.05, 4.69) is 20.7 Å². The molecule has 0 aliphatic heterocycles. The molecule has 0 heterocycles.